The van der Waals surface area contributed by atoms with E-state index in [0.717, 1.165) is 21.3 Å². The summed E-state index contributed by atoms with van der Waals surface area (Å²) in [6.07, 6.45) is 0.601. The topological polar surface area (TPSA) is 47.6 Å². The Labute approximate surface area is 137 Å². The molecule has 0 saturated heterocycles. The lowest BCUT2D eigenvalue weighted by molar-refractivity contribution is -0.117. The van der Waals surface area contributed by atoms with Gasteiger partial charge in [-0.25, -0.2) is 0 Å². The quantitative estimate of drug-likeness (QED) is 0.901. The highest BCUT2D eigenvalue weighted by Crippen LogP contribution is 2.39. The number of benzene rings is 2. The van der Waals surface area contributed by atoms with Crippen LogP contribution < -0.4 is 14.8 Å². The molecule has 0 spiro atoms. The Morgan fingerprint density at radius 3 is 2.55 bits per heavy atom. The second kappa shape index (κ2) is 6.01. The molecule has 0 radical (unpaired) electrons. The summed E-state index contributed by atoms with van der Waals surface area (Å²) in [5, 5.41) is 2.93. The predicted molar refractivity (Wildman–Crippen MR) is 88.8 cm³/mol. The van der Waals surface area contributed by atoms with E-state index in [-0.39, 0.29) is 11.8 Å². The van der Waals surface area contributed by atoms with Crippen LogP contribution in [-0.2, 0) is 11.2 Å². The van der Waals surface area contributed by atoms with Gasteiger partial charge in [0, 0.05) is 10.2 Å². The van der Waals surface area contributed by atoms with Gasteiger partial charge in [0.05, 0.1) is 20.1 Å². The molecule has 0 saturated carbocycles. The van der Waals surface area contributed by atoms with Gasteiger partial charge in [0.2, 0.25) is 5.91 Å². The molecule has 1 aliphatic heterocycles. The third-order valence-corrected chi connectivity index (χ3v) is 4.63. The fourth-order valence-corrected chi connectivity index (χ4v) is 3.24. The van der Waals surface area contributed by atoms with Gasteiger partial charge in [0.25, 0.3) is 0 Å². The lowest BCUT2D eigenvalue weighted by Gasteiger charge is -2.14. The van der Waals surface area contributed by atoms with Crippen LogP contribution in [0.3, 0.4) is 0 Å². The lowest BCUT2D eigenvalue weighted by Crippen LogP contribution is -2.14. The maximum atomic E-state index is 12.2. The number of amides is 1. The molecule has 0 fully saturated rings. The number of halogens is 1. The first-order chi connectivity index (χ1) is 10.6. The van der Waals surface area contributed by atoms with Gasteiger partial charge in [-0.2, -0.15) is 0 Å². The van der Waals surface area contributed by atoms with Gasteiger partial charge in [-0.1, -0.05) is 34.1 Å². The fourth-order valence-electron chi connectivity index (χ4n) is 2.75. The van der Waals surface area contributed by atoms with E-state index in [1.165, 1.54) is 0 Å². The number of hydrogen-bond acceptors (Lipinski definition) is 3. The fraction of sp³-hybridized carbons (Fsp3) is 0.235. The van der Waals surface area contributed by atoms with E-state index in [2.05, 4.69) is 21.2 Å². The van der Waals surface area contributed by atoms with Crippen LogP contribution in [-0.4, -0.2) is 20.1 Å². The number of carbonyl (C=O) groups excluding carboxylic acids is 1. The van der Waals surface area contributed by atoms with Crippen molar-refractivity contribution >= 4 is 27.5 Å². The zero-order valence-electron chi connectivity index (χ0n) is 12.4. The van der Waals surface area contributed by atoms with Crippen molar-refractivity contribution in [2.45, 2.75) is 12.3 Å². The molecule has 0 bridgehead atoms. The first-order valence-corrected chi connectivity index (χ1v) is 7.73. The highest BCUT2D eigenvalue weighted by molar-refractivity contribution is 9.10. The van der Waals surface area contributed by atoms with Crippen LogP contribution in [0.2, 0.25) is 0 Å². The minimum atomic E-state index is -0.189. The lowest BCUT2D eigenvalue weighted by atomic mass is 9.93. The summed E-state index contributed by atoms with van der Waals surface area (Å²) in [6.45, 7) is 0. The number of para-hydroxylation sites is 1. The van der Waals surface area contributed by atoms with E-state index < -0.39 is 0 Å². The van der Waals surface area contributed by atoms with Crippen molar-refractivity contribution in [2.24, 2.45) is 0 Å². The van der Waals surface area contributed by atoms with Gasteiger partial charge in [-0.05, 0) is 35.7 Å². The maximum absolute atomic E-state index is 12.2. The number of rotatable bonds is 4. The second-order valence-corrected chi connectivity index (χ2v) is 5.99. The Balaban J connectivity index is 1.95. The van der Waals surface area contributed by atoms with Crippen molar-refractivity contribution in [1.82, 2.24) is 0 Å². The molecule has 2 aromatic carbocycles. The van der Waals surface area contributed by atoms with Crippen molar-refractivity contribution in [1.29, 1.82) is 0 Å². The van der Waals surface area contributed by atoms with Crippen LogP contribution in [0.25, 0.3) is 0 Å². The zero-order valence-corrected chi connectivity index (χ0v) is 13.9. The van der Waals surface area contributed by atoms with Crippen LogP contribution in [0, 0.1) is 0 Å². The Kier molecular flexibility index (Phi) is 4.07. The molecule has 3 rings (SSSR count). The van der Waals surface area contributed by atoms with Crippen LogP contribution in [0.5, 0.6) is 11.5 Å². The molecule has 1 heterocycles. The molecule has 1 N–H and O–H groups in total. The summed E-state index contributed by atoms with van der Waals surface area (Å²) < 4.78 is 11.5. The van der Waals surface area contributed by atoms with Gasteiger partial charge in [0.1, 0.15) is 0 Å². The standard InChI is InChI=1S/C17H16BrNO3/c1-21-15-8-10(13(18)9-16(15)22-2)7-12-11-5-3-4-6-14(11)19-17(12)20/h3-6,8-9,12H,7H2,1-2H3,(H,19,20)/t12-/m1/s1. The minimum absolute atomic E-state index is 0.0304. The number of fused-ring (bicyclic) bond motifs is 1. The number of hydrogen-bond donors (Lipinski definition) is 1. The molecule has 4 nitrogen and oxygen atoms in total. The van der Waals surface area contributed by atoms with Crippen LogP contribution in [0.15, 0.2) is 40.9 Å². The van der Waals surface area contributed by atoms with E-state index in [1.54, 1.807) is 14.2 Å². The smallest absolute Gasteiger partial charge is 0.232 e. The van der Waals surface area contributed by atoms with E-state index >= 15 is 0 Å². The first kappa shape index (κ1) is 14.9. The molecule has 1 atom stereocenters. The SMILES string of the molecule is COc1cc(Br)c(C[C@H]2C(=O)Nc3ccccc32)cc1OC. The number of carbonyl (C=O) groups is 1. The summed E-state index contributed by atoms with van der Waals surface area (Å²) in [5.41, 5.74) is 2.94. The van der Waals surface area contributed by atoms with Gasteiger partial charge >= 0.3 is 0 Å². The molecule has 114 valence electrons. The third kappa shape index (κ3) is 2.57. The minimum Gasteiger partial charge on any atom is -0.493 e. The average Bonchev–Trinajstić information content (AvgIpc) is 2.84. The number of nitrogens with one attached hydrogen (secondary N) is 1. The molecule has 22 heavy (non-hydrogen) atoms. The molecule has 1 amide bonds. The van der Waals surface area contributed by atoms with Gasteiger partial charge in [-0.3, -0.25) is 4.79 Å². The molecule has 2 aromatic rings. The predicted octanol–water partition coefficient (Wildman–Crippen LogP) is 3.74. The van der Waals surface area contributed by atoms with Crippen molar-refractivity contribution < 1.29 is 14.3 Å². The van der Waals surface area contributed by atoms with E-state index in [0.29, 0.717) is 17.9 Å². The van der Waals surface area contributed by atoms with Crippen molar-refractivity contribution in [3.63, 3.8) is 0 Å². The maximum Gasteiger partial charge on any atom is 0.232 e. The van der Waals surface area contributed by atoms with Crippen molar-refractivity contribution in [2.75, 3.05) is 19.5 Å². The molecule has 0 aliphatic carbocycles. The highest BCUT2D eigenvalue weighted by Gasteiger charge is 2.30. The molecule has 5 heteroatoms. The van der Waals surface area contributed by atoms with Crippen molar-refractivity contribution in [3.8, 4) is 11.5 Å². The number of ether oxygens (including phenoxy) is 2. The molecular weight excluding hydrogens is 346 g/mol. The van der Waals surface area contributed by atoms with Crippen LogP contribution in [0.4, 0.5) is 5.69 Å². The second-order valence-electron chi connectivity index (χ2n) is 5.13. The number of anilines is 1. The molecule has 0 aromatic heterocycles. The van der Waals surface area contributed by atoms with E-state index in [4.69, 9.17) is 9.47 Å². The zero-order chi connectivity index (χ0) is 15.7. The summed E-state index contributed by atoms with van der Waals surface area (Å²) in [4.78, 5) is 12.2. The van der Waals surface area contributed by atoms with Crippen LogP contribution in [0.1, 0.15) is 17.0 Å². The Morgan fingerprint density at radius 1 is 1.14 bits per heavy atom. The van der Waals surface area contributed by atoms with Gasteiger partial charge < -0.3 is 14.8 Å². The Hall–Kier alpha value is -2.01. The van der Waals surface area contributed by atoms with Gasteiger partial charge in [0.15, 0.2) is 11.5 Å². The normalized spacial score (nSPS) is 16.1. The molecule has 0 unspecified atom stereocenters. The first-order valence-electron chi connectivity index (χ1n) is 6.94. The van der Waals surface area contributed by atoms with E-state index in [1.807, 2.05) is 36.4 Å². The average molecular weight is 362 g/mol. The largest absolute Gasteiger partial charge is 0.493 e. The van der Waals surface area contributed by atoms with E-state index in [9.17, 15) is 4.79 Å². The monoisotopic (exact) mass is 361 g/mol. The van der Waals surface area contributed by atoms with Gasteiger partial charge in [-0.15, -0.1) is 0 Å². The Morgan fingerprint density at radius 2 is 1.82 bits per heavy atom. The molecule has 1 aliphatic rings. The number of methoxy groups -OCH3 is 2. The summed E-state index contributed by atoms with van der Waals surface area (Å²) in [6, 6.07) is 11.6. The Bertz CT molecular complexity index is 730. The summed E-state index contributed by atoms with van der Waals surface area (Å²) >= 11 is 3.55. The molecular formula is C17H16BrNO3. The highest BCUT2D eigenvalue weighted by atomic mass is 79.9. The summed E-state index contributed by atoms with van der Waals surface area (Å²) in [7, 11) is 3.21. The third-order valence-electron chi connectivity index (χ3n) is 3.89. The summed E-state index contributed by atoms with van der Waals surface area (Å²) in [5.74, 6) is 1.16. The van der Waals surface area contributed by atoms with Crippen LogP contribution >= 0.6 is 15.9 Å². The van der Waals surface area contributed by atoms with Crippen molar-refractivity contribution in [3.05, 3.63) is 52.0 Å².